The van der Waals surface area contributed by atoms with E-state index in [0.29, 0.717) is 5.46 Å². The lowest BCUT2D eigenvalue weighted by Crippen LogP contribution is -2.27. The molecule has 1 aromatic heterocycles. The first-order valence-electron chi connectivity index (χ1n) is 3.17. The zero-order valence-electron chi connectivity index (χ0n) is 5.74. The molecule has 0 bridgehead atoms. The highest BCUT2D eigenvalue weighted by Crippen LogP contribution is 2.06. The summed E-state index contributed by atoms with van der Waals surface area (Å²) >= 11 is 1.56. The number of thiophene rings is 1. The lowest BCUT2D eigenvalue weighted by molar-refractivity contribution is 0.426. The first kappa shape index (κ1) is 7.79. The predicted molar refractivity (Wildman–Crippen MR) is 43.5 cm³/mol. The Labute approximate surface area is 64.3 Å². The summed E-state index contributed by atoms with van der Waals surface area (Å²) in [7, 11) is -1.31. The maximum atomic E-state index is 8.69. The largest absolute Gasteiger partial charge is 0.489 e. The van der Waals surface area contributed by atoms with Gasteiger partial charge >= 0.3 is 7.12 Å². The van der Waals surface area contributed by atoms with Crippen molar-refractivity contribution in [2.75, 3.05) is 0 Å². The minimum atomic E-state index is -1.31. The van der Waals surface area contributed by atoms with Crippen LogP contribution in [0.25, 0.3) is 0 Å². The summed E-state index contributed by atoms with van der Waals surface area (Å²) in [5.41, 5.74) is 0.599. The van der Waals surface area contributed by atoms with E-state index < -0.39 is 7.12 Å². The number of rotatable bonds is 2. The minimum Gasteiger partial charge on any atom is -0.423 e. The molecule has 0 amide bonds. The molecule has 1 rings (SSSR count). The summed E-state index contributed by atoms with van der Waals surface area (Å²) in [5, 5.41) is 19.2. The highest BCUT2D eigenvalue weighted by molar-refractivity contribution is 7.11. The Morgan fingerprint density at radius 2 is 2.30 bits per heavy atom. The van der Waals surface area contributed by atoms with Gasteiger partial charge in [-0.05, 0) is 23.3 Å². The van der Waals surface area contributed by atoms with Crippen molar-refractivity contribution in [1.82, 2.24) is 0 Å². The zero-order chi connectivity index (χ0) is 7.56. The molecule has 2 N–H and O–H groups in total. The molecule has 1 heterocycles. The van der Waals surface area contributed by atoms with E-state index in [4.69, 9.17) is 10.0 Å². The smallest absolute Gasteiger partial charge is 0.423 e. The maximum Gasteiger partial charge on any atom is 0.489 e. The average molecular weight is 156 g/mol. The second-order valence-electron chi connectivity index (χ2n) is 2.07. The molecule has 10 heavy (non-hydrogen) atoms. The van der Waals surface area contributed by atoms with Gasteiger partial charge in [-0.15, -0.1) is 11.3 Å². The third kappa shape index (κ3) is 1.59. The molecule has 0 aliphatic carbocycles. The summed E-state index contributed by atoms with van der Waals surface area (Å²) in [6.07, 6.45) is 0.956. The predicted octanol–water partition coefficient (Wildman–Crippen LogP) is -0.00970. The van der Waals surface area contributed by atoms with Crippen LogP contribution in [0.2, 0.25) is 0 Å². The SMILES string of the molecule is CCc1cc(B(O)O)cs1. The molecule has 0 aromatic carbocycles. The Morgan fingerprint density at radius 3 is 2.60 bits per heavy atom. The fourth-order valence-electron chi connectivity index (χ4n) is 0.718. The summed E-state index contributed by atoms with van der Waals surface area (Å²) in [4.78, 5) is 1.18. The first-order chi connectivity index (χ1) is 4.74. The minimum absolute atomic E-state index is 0.599. The standard InChI is InChI=1S/C6H9BO2S/c1-2-6-3-5(4-10-6)7(8)9/h3-4,8-9H,2H2,1H3. The van der Waals surface area contributed by atoms with Gasteiger partial charge in [-0.2, -0.15) is 0 Å². The second kappa shape index (κ2) is 3.19. The lowest BCUT2D eigenvalue weighted by atomic mass is 9.82. The van der Waals surface area contributed by atoms with Crippen LogP contribution in [0.15, 0.2) is 11.4 Å². The van der Waals surface area contributed by atoms with Gasteiger partial charge in [0.2, 0.25) is 0 Å². The summed E-state index contributed by atoms with van der Waals surface area (Å²) in [6, 6.07) is 1.81. The van der Waals surface area contributed by atoms with E-state index in [2.05, 4.69) is 0 Å². The third-order valence-electron chi connectivity index (χ3n) is 1.32. The molecule has 4 heteroatoms. The highest BCUT2D eigenvalue weighted by atomic mass is 32.1. The molecule has 0 unspecified atom stereocenters. The molecule has 0 fully saturated rings. The molecule has 54 valence electrons. The van der Waals surface area contributed by atoms with E-state index in [1.54, 1.807) is 16.7 Å². The molecule has 0 saturated carbocycles. The van der Waals surface area contributed by atoms with Crippen molar-refractivity contribution in [1.29, 1.82) is 0 Å². The molecule has 0 saturated heterocycles. The highest BCUT2D eigenvalue weighted by Gasteiger charge is 2.11. The van der Waals surface area contributed by atoms with Crippen LogP contribution in [-0.4, -0.2) is 17.2 Å². The van der Waals surface area contributed by atoms with Crippen LogP contribution < -0.4 is 5.46 Å². The summed E-state index contributed by atoms with van der Waals surface area (Å²) in [5.74, 6) is 0. The Balaban J connectivity index is 2.78. The zero-order valence-corrected chi connectivity index (χ0v) is 6.56. The van der Waals surface area contributed by atoms with E-state index in [1.807, 2.05) is 13.0 Å². The van der Waals surface area contributed by atoms with Gasteiger partial charge in [0, 0.05) is 4.88 Å². The van der Waals surface area contributed by atoms with Gasteiger partial charge in [0.05, 0.1) is 0 Å². The normalized spacial score (nSPS) is 9.90. The van der Waals surface area contributed by atoms with Gasteiger partial charge in [0.15, 0.2) is 0 Å². The van der Waals surface area contributed by atoms with E-state index in [-0.39, 0.29) is 0 Å². The van der Waals surface area contributed by atoms with Crippen molar-refractivity contribution in [3.05, 3.63) is 16.3 Å². The average Bonchev–Trinajstić information content (AvgIpc) is 2.34. The fourth-order valence-corrected chi connectivity index (χ4v) is 1.57. The van der Waals surface area contributed by atoms with E-state index in [9.17, 15) is 0 Å². The van der Waals surface area contributed by atoms with Crippen LogP contribution >= 0.6 is 11.3 Å². The van der Waals surface area contributed by atoms with Crippen molar-refractivity contribution in [3.8, 4) is 0 Å². The maximum absolute atomic E-state index is 8.69. The summed E-state index contributed by atoms with van der Waals surface area (Å²) in [6.45, 7) is 2.04. The van der Waals surface area contributed by atoms with E-state index in [0.717, 1.165) is 6.42 Å². The molecule has 1 aromatic rings. The van der Waals surface area contributed by atoms with Crippen molar-refractivity contribution in [2.24, 2.45) is 0 Å². The lowest BCUT2D eigenvalue weighted by Gasteiger charge is -1.89. The topological polar surface area (TPSA) is 40.5 Å². The van der Waals surface area contributed by atoms with Gasteiger partial charge in [0.25, 0.3) is 0 Å². The van der Waals surface area contributed by atoms with Gasteiger partial charge < -0.3 is 10.0 Å². The van der Waals surface area contributed by atoms with Crippen LogP contribution in [0.5, 0.6) is 0 Å². The molecule has 2 nitrogen and oxygen atoms in total. The van der Waals surface area contributed by atoms with Gasteiger partial charge in [-0.1, -0.05) is 6.92 Å². The first-order valence-corrected chi connectivity index (χ1v) is 4.05. The quantitative estimate of drug-likeness (QED) is 0.591. The Morgan fingerprint density at radius 1 is 1.60 bits per heavy atom. The fraction of sp³-hybridized carbons (Fsp3) is 0.333. The molecular formula is C6H9BO2S. The van der Waals surface area contributed by atoms with Crippen LogP contribution in [0.1, 0.15) is 11.8 Å². The van der Waals surface area contributed by atoms with Gasteiger partial charge in [0.1, 0.15) is 0 Å². The van der Waals surface area contributed by atoms with Gasteiger partial charge in [-0.25, -0.2) is 0 Å². The van der Waals surface area contributed by atoms with Crippen LogP contribution in [0.3, 0.4) is 0 Å². The Kier molecular flexibility index (Phi) is 2.48. The monoisotopic (exact) mass is 156 g/mol. The molecule has 0 aliphatic rings. The molecule has 0 radical (unpaired) electrons. The van der Waals surface area contributed by atoms with Crippen molar-refractivity contribution < 1.29 is 10.0 Å². The van der Waals surface area contributed by atoms with Crippen molar-refractivity contribution in [2.45, 2.75) is 13.3 Å². The molecule has 0 aliphatic heterocycles. The summed E-state index contributed by atoms with van der Waals surface area (Å²) < 4.78 is 0. The Bertz CT molecular complexity index is 209. The third-order valence-corrected chi connectivity index (χ3v) is 2.42. The van der Waals surface area contributed by atoms with Crippen LogP contribution in [0.4, 0.5) is 0 Å². The van der Waals surface area contributed by atoms with E-state index in [1.165, 1.54) is 4.88 Å². The van der Waals surface area contributed by atoms with E-state index >= 15 is 0 Å². The van der Waals surface area contributed by atoms with Crippen molar-refractivity contribution in [3.63, 3.8) is 0 Å². The second-order valence-corrected chi connectivity index (χ2v) is 3.07. The molecule has 0 spiro atoms. The van der Waals surface area contributed by atoms with Crippen molar-refractivity contribution >= 4 is 23.9 Å². The molecule has 0 atom stereocenters. The number of hydrogen-bond acceptors (Lipinski definition) is 3. The van der Waals surface area contributed by atoms with Crippen LogP contribution in [-0.2, 0) is 6.42 Å². The molecular weight excluding hydrogens is 147 g/mol. The Hall–Kier alpha value is -0.315. The number of hydrogen-bond donors (Lipinski definition) is 2. The van der Waals surface area contributed by atoms with Gasteiger partial charge in [-0.3, -0.25) is 0 Å². The number of aryl methyl sites for hydroxylation is 1. The van der Waals surface area contributed by atoms with Crippen LogP contribution in [0, 0.1) is 0 Å².